The van der Waals surface area contributed by atoms with E-state index in [1.165, 1.54) is 16.7 Å². The van der Waals surface area contributed by atoms with Crippen LogP contribution in [-0.2, 0) is 64.9 Å². The summed E-state index contributed by atoms with van der Waals surface area (Å²) in [6.45, 7) is 1.89. The van der Waals surface area contributed by atoms with E-state index >= 15 is 0 Å². The van der Waals surface area contributed by atoms with Crippen LogP contribution in [-0.4, -0.2) is 82.1 Å². The smallest absolute Gasteiger partial charge is 0.164 e. The van der Waals surface area contributed by atoms with Crippen molar-refractivity contribution < 1.29 is 44.5 Å². The number of methoxy groups -OCH3 is 1. The number of rotatable bonds is 10. The van der Waals surface area contributed by atoms with Crippen molar-refractivity contribution in [1.82, 2.24) is 15.2 Å². The topological polar surface area (TPSA) is 167 Å². The summed E-state index contributed by atoms with van der Waals surface area (Å²) in [5.41, 5.74) is 11.9. The number of dihydropyridines is 1. The number of nitrogens with zero attached hydrogens (tertiary/aromatic N) is 1. The fourth-order valence-electron chi connectivity index (χ4n) is 13.8. The number of benzene rings is 5. The highest BCUT2D eigenvalue weighted by atomic mass is 16.5. The molecule has 1 aromatic heterocycles. The minimum absolute atomic E-state index is 0.0155. The largest absolute Gasteiger partial charge is 0.508 e. The maximum atomic E-state index is 12.3. The molecule has 0 saturated carbocycles. The Labute approximate surface area is 451 Å². The number of fused-ring (bicyclic) bond motifs is 6. The van der Waals surface area contributed by atoms with Crippen molar-refractivity contribution in [3.05, 3.63) is 170 Å². The van der Waals surface area contributed by atoms with Crippen LogP contribution in [0.3, 0.4) is 0 Å². The van der Waals surface area contributed by atoms with Gasteiger partial charge in [-0.15, -0.1) is 0 Å². The Balaban J connectivity index is 0.983. The number of aryl methyl sites for hydroxylation is 2. The van der Waals surface area contributed by atoms with E-state index in [9.17, 15) is 25.5 Å². The molecule has 5 aliphatic heterocycles. The Morgan fingerprint density at radius 3 is 2.66 bits per heavy atom. The van der Waals surface area contributed by atoms with Gasteiger partial charge in [-0.1, -0.05) is 66.4 Å². The number of hydrogen-bond donors (Lipinski definition) is 7. The molecule has 6 heterocycles. The van der Waals surface area contributed by atoms with Gasteiger partial charge in [0.25, 0.3) is 0 Å². The van der Waals surface area contributed by atoms with Crippen molar-refractivity contribution in [3.63, 3.8) is 0 Å². The number of phenols is 3. The average Bonchev–Trinajstić information content (AvgIpc) is 3.96. The molecule has 1 unspecified atom stereocenters. The molecule has 8 bridgehead atoms. The second-order valence-corrected chi connectivity index (χ2v) is 22.4. The van der Waals surface area contributed by atoms with E-state index in [0.29, 0.717) is 69.3 Å². The first-order valence-corrected chi connectivity index (χ1v) is 27.9. The molecular formula is C65H71N3O9. The van der Waals surface area contributed by atoms with E-state index in [1.807, 2.05) is 18.2 Å². The van der Waals surface area contributed by atoms with Crippen molar-refractivity contribution in [3.8, 4) is 34.8 Å². The van der Waals surface area contributed by atoms with Gasteiger partial charge in [0, 0.05) is 71.3 Å². The number of aliphatic hydroxyl groups excluding tert-OH is 2. The number of aromatic nitrogens is 1. The molecule has 400 valence electrons. The molecule has 1 saturated heterocycles. The van der Waals surface area contributed by atoms with Gasteiger partial charge in [0.15, 0.2) is 11.5 Å². The van der Waals surface area contributed by atoms with Crippen molar-refractivity contribution in [2.24, 2.45) is 17.8 Å². The Morgan fingerprint density at radius 2 is 1.78 bits per heavy atom. The standard InChI is InChI=1S/C65H71N3O9/c1-74-39-66-62-31-44-16-14-40(12-13-41-15-21-59(71)46(24-41)25-42-7-4-9-52(70)26-42)6-5-10-53-32-60(72)45-18-20-54-55(29-45)48(35-69)30-61(73)63(54)77-36-49-28-51(27-47-33-68(34-56(47)49)64(67-62)57(44)38-76-53)65-22-23-75-37-50(65)19-17-43-8-2-3-11-58(43)65/h2-4,7-9,11,15,21,24,26-28,30-31,33-34,40,45,50,53,60,62,66-67,69-73H,5-6,10,12-13,17-20,22-23,25,29,32,35-39H2,1H3/t40-,45-,50-,53+,60+,62?,65-/m1/s1. The zero-order valence-electron chi connectivity index (χ0n) is 44.0. The predicted octanol–water partition coefficient (Wildman–Crippen LogP) is 9.60. The Kier molecular flexibility index (Phi) is 14.7. The van der Waals surface area contributed by atoms with Crippen molar-refractivity contribution in [2.75, 3.05) is 33.7 Å². The minimum Gasteiger partial charge on any atom is -0.508 e. The van der Waals surface area contributed by atoms with Crippen LogP contribution in [0.25, 0.3) is 16.6 Å². The Hall–Kier alpha value is -6.56. The molecule has 0 spiro atoms. The van der Waals surface area contributed by atoms with Gasteiger partial charge in [-0.25, -0.2) is 0 Å². The van der Waals surface area contributed by atoms with Gasteiger partial charge in [-0.3, -0.25) is 5.32 Å². The highest BCUT2D eigenvalue weighted by molar-refractivity contribution is 5.89. The van der Waals surface area contributed by atoms with E-state index in [-0.39, 0.29) is 66.6 Å². The van der Waals surface area contributed by atoms with Gasteiger partial charge >= 0.3 is 0 Å². The van der Waals surface area contributed by atoms with Gasteiger partial charge in [0.05, 0.1) is 38.8 Å². The number of ether oxygens (including phenoxy) is 4. The lowest BCUT2D eigenvalue weighted by Crippen LogP contribution is -2.47. The van der Waals surface area contributed by atoms with Crippen molar-refractivity contribution in [1.29, 1.82) is 0 Å². The zero-order chi connectivity index (χ0) is 52.6. The molecule has 7 N–H and O–H groups in total. The fraction of sp³-hybridized carbons (Fsp3) is 0.415. The molecule has 1 fully saturated rings. The Bertz CT molecular complexity index is 3310. The van der Waals surface area contributed by atoms with Crippen LogP contribution in [0.4, 0.5) is 0 Å². The normalized spacial score (nSPS) is 25.1. The zero-order valence-corrected chi connectivity index (χ0v) is 44.0. The molecule has 6 aromatic rings. The van der Waals surface area contributed by atoms with E-state index in [4.69, 9.17) is 18.9 Å². The summed E-state index contributed by atoms with van der Waals surface area (Å²) < 4.78 is 28.0. The maximum absolute atomic E-state index is 12.3. The van der Waals surface area contributed by atoms with Crippen molar-refractivity contribution >= 4 is 16.6 Å². The number of hydrogen-bond acceptors (Lipinski definition) is 11. The maximum Gasteiger partial charge on any atom is 0.164 e. The molecule has 77 heavy (non-hydrogen) atoms. The third-order valence-corrected chi connectivity index (χ3v) is 17.8. The van der Waals surface area contributed by atoms with E-state index in [0.717, 1.165) is 112 Å². The summed E-state index contributed by atoms with van der Waals surface area (Å²) >= 11 is 0. The van der Waals surface area contributed by atoms with Gasteiger partial charge in [0.1, 0.15) is 30.1 Å². The van der Waals surface area contributed by atoms with Crippen LogP contribution in [0.5, 0.6) is 23.0 Å². The van der Waals surface area contributed by atoms with Gasteiger partial charge in [0.2, 0.25) is 0 Å². The number of aliphatic hydroxyl groups is 2. The number of aromatic hydroxyl groups is 3. The molecule has 0 radical (unpaired) electrons. The molecule has 2 aliphatic carbocycles. The van der Waals surface area contributed by atoms with Crippen LogP contribution in [0, 0.1) is 29.6 Å². The van der Waals surface area contributed by atoms with Gasteiger partial charge < -0.3 is 54.4 Å². The molecular weight excluding hydrogens is 967 g/mol. The third kappa shape index (κ3) is 10.3. The first-order chi connectivity index (χ1) is 37.6. The second-order valence-electron chi connectivity index (χ2n) is 22.4. The van der Waals surface area contributed by atoms with Crippen molar-refractivity contribution in [2.45, 2.75) is 120 Å². The van der Waals surface area contributed by atoms with Crippen LogP contribution in [0.15, 0.2) is 115 Å². The van der Waals surface area contributed by atoms with E-state index in [2.05, 4.69) is 88.0 Å². The van der Waals surface area contributed by atoms with Crippen LogP contribution < -0.4 is 15.4 Å². The molecule has 12 heteroatoms. The summed E-state index contributed by atoms with van der Waals surface area (Å²) in [5.74, 6) is 9.46. The summed E-state index contributed by atoms with van der Waals surface area (Å²) in [4.78, 5) is 0. The molecule has 12 nitrogen and oxygen atoms in total. The van der Waals surface area contributed by atoms with Crippen LogP contribution in [0.1, 0.15) is 107 Å². The highest BCUT2D eigenvalue weighted by Gasteiger charge is 2.48. The molecule has 7 atom stereocenters. The lowest BCUT2D eigenvalue weighted by Gasteiger charge is -2.49. The number of phenolic OH excluding ortho intramolecular Hbond substituents is 3. The Morgan fingerprint density at radius 1 is 0.870 bits per heavy atom. The van der Waals surface area contributed by atoms with Gasteiger partial charge in [-0.2, -0.15) is 0 Å². The summed E-state index contributed by atoms with van der Waals surface area (Å²) in [5, 5.41) is 65.2. The quantitative estimate of drug-likeness (QED) is 0.0516. The van der Waals surface area contributed by atoms with Crippen LogP contribution in [0.2, 0.25) is 0 Å². The number of nitrogens with one attached hydrogen (secondary N) is 2. The summed E-state index contributed by atoms with van der Waals surface area (Å²) in [6.07, 6.45) is 15.0. The molecule has 7 aliphatic rings. The lowest BCUT2D eigenvalue weighted by atomic mass is 9.57. The summed E-state index contributed by atoms with van der Waals surface area (Å²) in [6, 6.07) is 28.3. The SMILES string of the molecule is COCNC1C=C2C#C[C@@H](CCc3ccc(O)c(Cc4cccc(O)c4)c3)CCC[C@H]3C[C@H](O)[C@@H]4CCc5c(c(CO)cc(O)c5OCc5cc([C@@]67CCOC[C@H]6CCc6ccccc67)cc6cn(cc56)C(=C2CO3)N1)C4. The average molecular weight is 1040 g/mol. The third-order valence-electron chi connectivity index (χ3n) is 17.8. The summed E-state index contributed by atoms with van der Waals surface area (Å²) in [7, 11) is 1.68. The molecule has 0 amide bonds. The van der Waals surface area contributed by atoms with E-state index in [1.54, 1.807) is 31.4 Å². The monoisotopic (exact) mass is 1040 g/mol. The first kappa shape index (κ1) is 51.2. The second kappa shape index (κ2) is 22.1. The van der Waals surface area contributed by atoms with E-state index < -0.39 is 6.10 Å². The minimum atomic E-state index is -0.672. The molecule has 5 aromatic carbocycles. The van der Waals surface area contributed by atoms with Crippen LogP contribution >= 0.6 is 0 Å². The van der Waals surface area contributed by atoms with Gasteiger partial charge in [-0.05, 0) is 175 Å². The fourth-order valence-corrected chi connectivity index (χ4v) is 13.8. The highest BCUT2D eigenvalue weighted by Crippen LogP contribution is 2.52. The predicted molar refractivity (Wildman–Crippen MR) is 296 cm³/mol. The first-order valence-electron chi connectivity index (χ1n) is 27.9. The lowest BCUT2D eigenvalue weighted by molar-refractivity contribution is -0.00237. The molecule has 13 rings (SSSR count).